The summed E-state index contributed by atoms with van der Waals surface area (Å²) < 4.78 is 5.71. The van der Waals surface area contributed by atoms with E-state index in [2.05, 4.69) is 23.7 Å². The van der Waals surface area contributed by atoms with Crippen molar-refractivity contribution < 1.29 is 4.74 Å². The predicted molar refractivity (Wildman–Crippen MR) is 72.3 cm³/mol. The molecule has 1 aliphatic heterocycles. The van der Waals surface area contributed by atoms with Crippen molar-refractivity contribution >= 4 is 22.9 Å². The van der Waals surface area contributed by atoms with Gasteiger partial charge in [0.1, 0.15) is 4.99 Å². The summed E-state index contributed by atoms with van der Waals surface area (Å²) in [7, 11) is 0. The normalized spacial score (nSPS) is 24.7. The minimum Gasteiger partial charge on any atom is -0.388 e. The van der Waals surface area contributed by atoms with E-state index in [4.69, 9.17) is 22.7 Å². The first-order valence-electron chi connectivity index (χ1n) is 5.72. The number of aromatic nitrogens is 1. The maximum absolute atomic E-state index is 5.71. The molecule has 0 unspecified atom stereocenters. The van der Waals surface area contributed by atoms with E-state index in [1.807, 2.05) is 12.1 Å². The number of nitrogens with zero attached hydrogens (tertiary/aromatic N) is 2. The molecule has 0 aliphatic carbocycles. The highest BCUT2D eigenvalue weighted by Crippen LogP contribution is 2.20. The lowest BCUT2D eigenvalue weighted by molar-refractivity contribution is -0.00522. The van der Waals surface area contributed by atoms with Crippen LogP contribution in [-0.4, -0.2) is 35.3 Å². The van der Waals surface area contributed by atoms with E-state index < -0.39 is 0 Å². The maximum Gasteiger partial charge on any atom is 0.122 e. The zero-order valence-electron chi connectivity index (χ0n) is 10.1. The van der Waals surface area contributed by atoms with Crippen molar-refractivity contribution in [2.75, 3.05) is 18.0 Å². The largest absolute Gasteiger partial charge is 0.388 e. The number of ether oxygens (including phenoxy) is 1. The first-order valence-corrected chi connectivity index (χ1v) is 6.13. The molecule has 4 nitrogen and oxygen atoms in total. The molecule has 17 heavy (non-hydrogen) atoms. The molecule has 2 atom stereocenters. The van der Waals surface area contributed by atoms with Crippen LogP contribution in [0.4, 0.5) is 5.69 Å². The Balaban J connectivity index is 2.21. The van der Waals surface area contributed by atoms with Gasteiger partial charge in [-0.15, -0.1) is 0 Å². The monoisotopic (exact) mass is 251 g/mol. The smallest absolute Gasteiger partial charge is 0.122 e. The van der Waals surface area contributed by atoms with Crippen LogP contribution in [0.3, 0.4) is 0 Å². The Morgan fingerprint density at radius 1 is 1.47 bits per heavy atom. The van der Waals surface area contributed by atoms with Crippen molar-refractivity contribution in [2.24, 2.45) is 5.73 Å². The van der Waals surface area contributed by atoms with Crippen molar-refractivity contribution in [1.82, 2.24) is 4.98 Å². The summed E-state index contributed by atoms with van der Waals surface area (Å²) in [6, 6.07) is 3.92. The second kappa shape index (κ2) is 4.98. The third-order valence-corrected chi connectivity index (χ3v) is 2.99. The van der Waals surface area contributed by atoms with Crippen LogP contribution in [0.5, 0.6) is 0 Å². The Kier molecular flexibility index (Phi) is 3.59. The average molecular weight is 251 g/mol. The first kappa shape index (κ1) is 12.3. The number of nitrogens with two attached hydrogens (primary N) is 1. The highest BCUT2D eigenvalue weighted by molar-refractivity contribution is 7.80. The van der Waals surface area contributed by atoms with Gasteiger partial charge in [0.2, 0.25) is 0 Å². The SMILES string of the molecule is C[C@@H]1CN(c2ccnc(C(N)=S)c2)C[C@H](C)O1. The molecule has 1 fully saturated rings. The summed E-state index contributed by atoms with van der Waals surface area (Å²) in [5.74, 6) is 0. The van der Waals surface area contributed by atoms with Crippen LogP contribution < -0.4 is 10.6 Å². The van der Waals surface area contributed by atoms with E-state index in [1.165, 1.54) is 0 Å². The van der Waals surface area contributed by atoms with Gasteiger partial charge < -0.3 is 15.4 Å². The van der Waals surface area contributed by atoms with Gasteiger partial charge >= 0.3 is 0 Å². The summed E-state index contributed by atoms with van der Waals surface area (Å²) in [5, 5.41) is 0. The minimum atomic E-state index is 0.236. The molecule has 2 N–H and O–H groups in total. The summed E-state index contributed by atoms with van der Waals surface area (Å²) in [5.41, 5.74) is 7.36. The molecule has 0 saturated carbocycles. The van der Waals surface area contributed by atoms with Gasteiger partial charge in [0.25, 0.3) is 0 Å². The number of hydrogen-bond acceptors (Lipinski definition) is 4. The van der Waals surface area contributed by atoms with Crippen molar-refractivity contribution in [1.29, 1.82) is 0 Å². The van der Waals surface area contributed by atoms with Gasteiger partial charge in [0.15, 0.2) is 0 Å². The van der Waals surface area contributed by atoms with Crippen molar-refractivity contribution in [2.45, 2.75) is 26.1 Å². The van der Waals surface area contributed by atoms with Gasteiger partial charge in [-0.2, -0.15) is 0 Å². The van der Waals surface area contributed by atoms with Gasteiger partial charge in [-0.3, -0.25) is 4.98 Å². The molecule has 2 heterocycles. The molecule has 5 heteroatoms. The van der Waals surface area contributed by atoms with Crippen LogP contribution >= 0.6 is 12.2 Å². The summed E-state index contributed by atoms with van der Waals surface area (Å²) in [6.07, 6.45) is 2.22. The highest BCUT2D eigenvalue weighted by atomic mass is 32.1. The molecule has 0 spiro atoms. The van der Waals surface area contributed by atoms with Crippen LogP contribution in [0.15, 0.2) is 18.3 Å². The number of anilines is 1. The molecule has 2 rings (SSSR count). The van der Waals surface area contributed by atoms with Gasteiger partial charge in [-0.1, -0.05) is 12.2 Å². The molecule has 1 aromatic rings. The van der Waals surface area contributed by atoms with Crippen molar-refractivity contribution in [3.63, 3.8) is 0 Å². The van der Waals surface area contributed by atoms with Crippen LogP contribution in [0.1, 0.15) is 19.5 Å². The van der Waals surface area contributed by atoms with Crippen LogP contribution in [0.2, 0.25) is 0 Å². The molecule has 1 aliphatic rings. The second-order valence-corrected chi connectivity index (χ2v) is 4.87. The molecular weight excluding hydrogens is 234 g/mol. The quantitative estimate of drug-likeness (QED) is 0.804. The number of thiocarbonyl (C=S) groups is 1. The molecule has 92 valence electrons. The Labute approximate surface area is 107 Å². The second-order valence-electron chi connectivity index (χ2n) is 4.43. The summed E-state index contributed by atoms with van der Waals surface area (Å²) >= 11 is 4.94. The standard InChI is InChI=1S/C12H17N3OS/c1-8-6-15(7-9(2)16-8)10-3-4-14-11(5-10)12(13)17/h3-5,8-9H,6-7H2,1-2H3,(H2,13,17)/t8-,9+. The van der Waals surface area contributed by atoms with E-state index >= 15 is 0 Å². The van der Waals surface area contributed by atoms with E-state index in [0.717, 1.165) is 18.8 Å². The van der Waals surface area contributed by atoms with E-state index in [0.29, 0.717) is 10.7 Å². The van der Waals surface area contributed by atoms with Crippen LogP contribution in [0.25, 0.3) is 0 Å². The Bertz CT molecular complexity index is 414. The summed E-state index contributed by atoms with van der Waals surface area (Å²) in [4.78, 5) is 6.76. The zero-order chi connectivity index (χ0) is 12.4. The van der Waals surface area contributed by atoms with Crippen LogP contribution in [0, 0.1) is 0 Å². The average Bonchev–Trinajstić information content (AvgIpc) is 2.28. The number of pyridine rings is 1. The lowest BCUT2D eigenvalue weighted by Gasteiger charge is -2.36. The molecule has 0 amide bonds. The van der Waals surface area contributed by atoms with Crippen LogP contribution in [-0.2, 0) is 4.74 Å². The first-order chi connectivity index (χ1) is 8.06. The van der Waals surface area contributed by atoms with Gasteiger partial charge in [-0.05, 0) is 26.0 Å². The molecule has 1 aromatic heterocycles. The predicted octanol–water partition coefficient (Wildman–Crippen LogP) is 1.33. The fraction of sp³-hybridized carbons (Fsp3) is 0.500. The fourth-order valence-electron chi connectivity index (χ4n) is 2.14. The summed E-state index contributed by atoms with van der Waals surface area (Å²) in [6.45, 7) is 5.92. The maximum atomic E-state index is 5.71. The van der Waals surface area contributed by atoms with Gasteiger partial charge in [-0.25, -0.2) is 0 Å². The molecule has 0 aromatic carbocycles. The van der Waals surface area contributed by atoms with E-state index in [-0.39, 0.29) is 12.2 Å². The van der Waals surface area contributed by atoms with Gasteiger partial charge in [0, 0.05) is 25.0 Å². The molecule has 1 saturated heterocycles. The lowest BCUT2D eigenvalue weighted by Crippen LogP contribution is -2.45. The Morgan fingerprint density at radius 3 is 2.71 bits per heavy atom. The topological polar surface area (TPSA) is 51.4 Å². The van der Waals surface area contributed by atoms with Gasteiger partial charge in [0.05, 0.1) is 17.9 Å². The number of morpholine rings is 1. The molecule has 0 bridgehead atoms. The van der Waals surface area contributed by atoms with E-state index in [1.54, 1.807) is 6.20 Å². The van der Waals surface area contributed by atoms with Crippen molar-refractivity contribution in [3.05, 3.63) is 24.0 Å². The molecule has 0 radical (unpaired) electrons. The third-order valence-electron chi connectivity index (χ3n) is 2.78. The van der Waals surface area contributed by atoms with Crippen molar-refractivity contribution in [3.8, 4) is 0 Å². The third kappa shape index (κ3) is 2.92. The number of hydrogen-bond donors (Lipinski definition) is 1. The Morgan fingerprint density at radius 2 is 2.12 bits per heavy atom. The van der Waals surface area contributed by atoms with E-state index in [9.17, 15) is 0 Å². The highest BCUT2D eigenvalue weighted by Gasteiger charge is 2.22. The Hall–Kier alpha value is -1.20. The minimum absolute atomic E-state index is 0.236. The number of rotatable bonds is 2. The fourth-order valence-corrected chi connectivity index (χ4v) is 2.25. The lowest BCUT2D eigenvalue weighted by atomic mass is 10.2. The zero-order valence-corrected chi connectivity index (χ0v) is 10.9. The molecular formula is C12H17N3OS.